The van der Waals surface area contributed by atoms with Gasteiger partial charge in [0.2, 0.25) is 0 Å². The molecule has 0 saturated carbocycles. The molecule has 27 heavy (non-hydrogen) atoms. The van der Waals surface area contributed by atoms with Crippen LogP contribution in [0.2, 0.25) is 0 Å². The molecule has 150 valence electrons. The molecule has 1 aromatic rings. The monoisotopic (exact) mass is 394 g/mol. The number of nitrogens with zero attached hydrogens (tertiary/aromatic N) is 2. The standard InChI is InChI=1S/C20H31FN4OS/c1-22-19(23-15-20(27-2)8-11-26-12-9-20)24-17-6-4-10-25(14-17)18-7-3-5-16(21)13-18/h3,5,7,13,17H,4,6,8-12,14-15H2,1-2H3,(H2,22,23,24). The summed E-state index contributed by atoms with van der Waals surface area (Å²) in [6.07, 6.45) is 6.48. The summed E-state index contributed by atoms with van der Waals surface area (Å²) in [5.41, 5.74) is 0.952. The van der Waals surface area contributed by atoms with Crippen LogP contribution in [0.4, 0.5) is 10.1 Å². The average Bonchev–Trinajstić information content (AvgIpc) is 2.72. The Kier molecular flexibility index (Phi) is 7.24. The summed E-state index contributed by atoms with van der Waals surface area (Å²) < 4.78 is 19.3. The Morgan fingerprint density at radius 3 is 2.93 bits per heavy atom. The van der Waals surface area contributed by atoms with Gasteiger partial charge in [-0.3, -0.25) is 4.99 Å². The van der Waals surface area contributed by atoms with Gasteiger partial charge in [0.05, 0.1) is 0 Å². The van der Waals surface area contributed by atoms with E-state index in [2.05, 4.69) is 26.8 Å². The maximum Gasteiger partial charge on any atom is 0.191 e. The topological polar surface area (TPSA) is 48.9 Å². The van der Waals surface area contributed by atoms with Crippen LogP contribution in [0.1, 0.15) is 25.7 Å². The highest BCUT2D eigenvalue weighted by molar-refractivity contribution is 8.00. The average molecular weight is 395 g/mol. The molecule has 1 aromatic carbocycles. The molecule has 1 atom stereocenters. The molecule has 5 nitrogen and oxygen atoms in total. The zero-order valence-corrected chi connectivity index (χ0v) is 17.2. The quantitative estimate of drug-likeness (QED) is 0.594. The zero-order chi connectivity index (χ0) is 19.1. The van der Waals surface area contributed by atoms with E-state index in [1.807, 2.05) is 24.9 Å². The molecule has 0 bridgehead atoms. The summed E-state index contributed by atoms with van der Waals surface area (Å²) in [5.74, 6) is 0.667. The lowest BCUT2D eigenvalue weighted by molar-refractivity contribution is 0.0782. The van der Waals surface area contributed by atoms with Crippen molar-refractivity contribution in [3.8, 4) is 0 Å². The number of guanidine groups is 1. The van der Waals surface area contributed by atoms with Gasteiger partial charge >= 0.3 is 0 Å². The Morgan fingerprint density at radius 2 is 2.22 bits per heavy atom. The van der Waals surface area contributed by atoms with Crippen LogP contribution in [0.5, 0.6) is 0 Å². The van der Waals surface area contributed by atoms with Crippen molar-refractivity contribution in [1.29, 1.82) is 0 Å². The SMILES string of the molecule is CN=C(NCC1(SC)CCOCC1)NC1CCCN(c2cccc(F)c2)C1. The van der Waals surface area contributed by atoms with Gasteiger partial charge in [-0.1, -0.05) is 6.07 Å². The Balaban J connectivity index is 1.54. The summed E-state index contributed by atoms with van der Waals surface area (Å²) in [5, 5.41) is 7.09. The predicted octanol–water partition coefficient (Wildman–Crippen LogP) is 2.87. The second-order valence-electron chi connectivity index (χ2n) is 7.33. The molecule has 2 aliphatic rings. The highest BCUT2D eigenvalue weighted by Gasteiger charge is 2.32. The molecule has 2 heterocycles. The Labute approximate surface area is 166 Å². The van der Waals surface area contributed by atoms with Gasteiger partial charge in [-0.2, -0.15) is 11.8 Å². The van der Waals surface area contributed by atoms with Gasteiger partial charge in [-0.25, -0.2) is 4.39 Å². The van der Waals surface area contributed by atoms with Crippen LogP contribution in [-0.4, -0.2) is 62.9 Å². The summed E-state index contributed by atoms with van der Waals surface area (Å²) in [6, 6.07) is 7.16. The predicted molar refractivity (Wildman–Crippen MR) is 112 cm³/mol. The number of anilines is 1. The summed E-state index contributed by atoms with van der Waals surface area (Å²) in [6.45, 7) is 4.37. The van der Waals surface area contributed by atoms with Crippen LogP contribution in [-0.2, 0) is 4.74 Å². The third-order valence-electron chi connectivity index (χ3n) is 5.57. The minimum Gasteiger partial charge on any atom is -0.381 e. The molecular weight excluding hydrogens is 363 g/mol. The van der Waals surface area contributed by atoms with E-state index < -0.39 is 0 Å². The Hall–Kier alpha value is -1.47. The lowest BCUT2D eigenvalue weighted by atomic mass is 9.99. The minimum absolute atomic E-state index is 0.182. The van der Waals surface area contributed by atoms with Crippen LogP contribution in [0.3, 0.4) is 0 Å². The molecule has 3 rings (SSSR count). The number of ether oxygens (including phenoxy) is 1. The fourth-order valence-corrected chi connectivity index (χ4v) is 4.62. The number of benzene rings is 1. The smallest absolute Gasteiger partial charge is 0.191 e. The highest BCUT2D eigenvalue weighted by Crippen LogP contribution is 2.33. The molecule has 0 spiro atoms. The third-order valence-corrected chi connectivity index (χ3v) is 6.99. The zero-order valence-electron chi connectivity index (χ0n) is 16.3. The molecule has 0 amide bonds. The molecule has 0 aliphatic carbocycles. The first-order valence-electron chi connectivity index (χ1n) is 9.75. The fourth-order valence-electron chi connectivity index (χ4n) is 3.83. The number of aliphatic imine (C=N–C) groups is 1. The molecule has 1 unspecified atom stereocenters. The van der Waals surface area contributed by atoms with Gasteiger partial charge in [0.1, 0.15) is 5.82 Å². The van der Waals surface area contributed by atoms with Crippen LogP contribution in [0.15, 0.2) is 29.3 Å². The van der Waals surface area contributed by atoms with Crippen molar-refractivity contribution in [3.05, 3.63) is 30.1 Å². The van der Waals surface area contributed by atoms with E-state index in [1.165, 1.54) is 6.07 Å². The normalized spacial score (nSPS) is 23.1. The minimum atomic E-state index is -0.182. The molecular formula is C20H31FN4OS. The van der Waals surface area contributed by atoms with Gasteiger partial charge in [-0.05, 0) is 50.1 Å². The molecule has 0 aromatic heterocycles. The maximum absolute atomic E-state index is 13.5. The van der Waals surface area contributed by atoms with Gasteiger partial charge in [-0.15, -0.1) is 0 Å². The maximum atomic E-state index is 13.5. The number of rotatable bonds is 5. The van der Waals surface area contributed by atoms with Crippen molar-refractivity contribution >= 4 is 23.4 Å². The van der Waals surface area contributed by atoms with E-state index in [0.29, 0.717) is 6.04 Å². The van der Waals surface area contributed by atoms with E-state index in [1.54, 1.807) is 12.1 Å². The summed E-state index contributed by atoms with van der Waals surface area (Å²) in [4.78, 5) is 6.67. The Morgan fingerprint density at radius 1 is 1.41 bits per heavy atom. The molecule has 7 heteroatoms. The van der Waals surface area contributed by atoms with Gasteiger partial charge < -0.3 is 20.3 Å². The van der Waals surface area contributed by atoms with Crippen molar-refractivity contribution in [2.24, 2.45) is 4.99 Å². The first kappa shape index (κ1) is 20.3. The molecule has 2 fully saturated rings. The summed E-state index contributed by atoms with van der Waals surface area (Å²) >= 11 is 1.92. The first-order chi connectivity index (χ1) is 13.1. The van der Waals surface area contributed by atoms with Crippen LogP contribution < -0.4 is 15.5 Å². The van der Waals surface area contributed by atoms with Crippen molar-refractivity contribution < 1.29 is 9.13 Å². The van der Waals surface area contributed by atoms with Gasteiger partial charge in [0.15, 0.2) is 5.96 Å². The van der Waals surface area contributed by atoms with Crippen LogP contribution in [0, 0.1) is 5.82 Å². The van der Waals surface area contributed by atoms with E-state index >= 15 is 0 Å². The number of hydrogen-bond donors (Lipinski definition) is 2. The fraction of sp³-hybridized carbons (Fsp3) is 0.650. The third kappa shape index (κ3) is 5.51. The van der Waals surface area contributed by atoms with Crippen molar-refractivity contribution in [3.63, 3.8) is 0 Å². The van der Waals surface area contributed by atoms with Gasteiger partial charge in [0, 0.05) is 56.4 Å². The van der Waals surface area contributed by atoms with Gasteiger partial charge in [0.25, 0.3) is 0 Å². The molecule has 2 saturated heterocycles. The van der Waals surface area contributed by atoms with Crippen molar-refractivity contribution in [2.75, 3.05) is 51.1 Å². The van der Waals surface area contributed by atoms with E-state index in [9.17, 15) is 4.39 Å². The van der Waals surface area contributed by atoms with Crippen LogP contribution in [0.25, 0.3) is 0 Å². The van der Waals surface area contributed by atoms with E-state index in [4.69, 9.17) is 4.74 Å². The van der Waals surface area contributed by atoms with Crippen LogP contribution >= 0.6 is 11.8 Å². The second kappa shape index (κ2) is 9.64. The van der Waals surface area contributed by atoms with Crippen molar-refractivity contribution in [1.82, 2.24) is 10.6 Å². The number of halogens is 1. The van der Waals surface area contributed by atoms with Crippen molar-refractivity contribution in [2.45, 2.75) is 36.5 Å². The Bertz CT molecular complexity index is 636. The molecule has 0 radical (unpaired) electrons. The molecule has 2 N–H and O–H groups in total. The first-order valence-corrected chi connectivity index (χ1v) is 11.0. The number of piperidine rings is 1. The lowest BCUT2D eigenvalue weighted by Gasteiger charge is -2.38. The molecule has 2 aliphatic heterocycles. The number of nitrogens with one attached hydrogen (secondary N) is 2. The largest absolute Gasteiger partial charge is 0.381 e. The van der Waals surface area contributed by atoms with E-state index in [-0.39, 0.29) is 10.6 Å². The number of hydrogen-bond acceptors (Lipinski definition) is 4. The van der Waals surface area contributed by atoms with E-state index in [0.717, 1.165) is 70.2 Å². The second-order valence-corrected chi connectivity index (χ2v) is 8.61. The number of thioether (sulfide) groups is 1. The lowest BCUT2D eigenvalue weighted by Crippen LogP contribution is -2.53. The summed E-state index contributed by atoms with van der Waals surface area (Å²) in [7, 11) is 1.82. The highest BCUT2D eigenvalue weighted by atomic mass is 32.2.